The Balaban J connectivity index is 1.86. The highest BCUT2D eigenvalue weighted by Crippen LogP contribution is 2.27. The molecule has 1 saturated carbocycles. The fourth-order valence-corrected chi connectivity index (χ4v) is 3.01. The van der Waals surface area contributed by atoms with Gasteiger partial charge < -0.3 is 14.7 Å². The number of ether oxygens (including phenoxy) is 1. The van der Waals surface area contributed by atoms with Gasteiger partial charge >= 0.3 is 5.97 Å². The van der Waals surface area contributed by atoms with E-state index in [0.29, 0.717) is 19.0 Å². The largest absolute Gasteiger partial charge is 0.469 e. The van der Waals surface area contributed by atoms with Gasteiger partial charge in [0.05, 0.1) is 19.1 Å². The molecule has 2 rings (SSSR count). The van der Waals surface area contributed by atoms with Gasteiger partial charge in [0.1, 0.15) is 0 Å². The summed E-state index contributed by atoms with van der Waals surface area (Å²) in [7, 11) is 1.35. The molecule has 0 aromatic rings. The summed E-state index contributed by atoms with van der Waals surface area (Å²) in [5, 5.41) is 9.62. The van der Waals surface area contributed by atoms with Crippen LogP contribution in [-0.2, 0) is 14.3 Å². The Morgan fingerprint density at radius 2 is 2.28 bits per heavy atom. The van der Waals surface area contributed by atoms with Gasteiger partial charge in [0.2, 0.25) is 5.91 Å². The number of amides is 1. The second-order valence-corrected chi connectivity index (χ2v) is 5.41. The van der Waals surface area contributed by atoms with Gasteiger partial charge in [0.25, 0.3) is 0 Å². The number of methoxy groups -OCH3 is 1. The molecule has 0 bridgehead atoms. The molecule has 1 saturated heterocycles. The Bertz CT molecular complexity index is 331. The molecule has 0 spiro atoms. The van der Waals surface area contributed by atoms with Crippen molar-refractivity contribution in [3.8, 4) is 0 Å². The highest BCUT2D eigenvalue weighted by molar-refractivity contribution is 5.86. The van der Waals surface area contributed by atoms with Crippen molar-refractivity contribution in [3.63, 3.8) is 0 Å². The monoisotopic (exact) mass is 255 g/mol. The highest BCUT2D eigenvalue weighted by Gasteiger charge is 2.36. The van der Waals surface area contributed by atoms with E-state index < -0.39 is 0 Å². The maximum Gasteiger partial charge on any atom is 0.310 e. The zero-order chi connectivity index (χ0) is 13.1. The second kappa shape index (κ2) is 5.69. The first kappa shape index (κ1) is 13.3. The summed E-state index contributed by atoms with van der Waals surface area (Å²) in [6.45, 7) is 1.14. The lowest BCUT2D eigenvalue weighted by atomic mass is 9.87. The van der Waals surface area contributed by atoms with E-state index in [4.69, 9.17) is 0 Å². The summed E-state index contributed by atoms with van der Waals surface area (Å²) in [6, 6.07) is 0. The molecule has 1 aliphatic heterocycles. The maximum atomic E-state index is 11.8. The Morgan fingerprint density at radius 1 is 1.50 bits per heavy atom. The summed E-state index contributed by atoms with van der Waals surface area (Å²) >= 11 is 0. The molecule has 0 radical (unpaired) electrons. The molecule has 1 amide bonds. The molecule has 2 fully saturated rings. The maximum absolute atomic E-state index is 11.8. The van der Waals surface area contributed by atoms with E-state index in [1.165, 1.54) is 7.11 Å². The lowest BCUT2D eigenvalue weighted by molar-refractivity contribution is -0.145. The smallest absolute Gasteiger partial charge is 0.310 e. The van der Waals surface area contributed by atoms with E-state index in [0.717, 1.165) is 25.7 Å². The predicted molar refractivity (Wildman–Crippen MR) is 64.7 cm³/mol. The van der Waals surface area contributed by atoms with Crippen LogP contribution < -0.4 is 0 Å². The Morgan fingerprint density at radius 3 is 2.94 bits per heavy atom. The molecule has 1 aliphatic carbocycles. The van der Waals surface area contributed by atoms with Crippen LogP contribution in [-0.4, -0.2) is 48.2 Å². The van der Waals surface area contributed by atoms with E-state index in [1.807, 2.05) is 0 Å². The van der Waals surface area contributed by atoms with Crippen molar-refractivity contribution in [2.75, 3.05) is 20.2 Å². The average Bonchev–Trinajstić information content (AvgIpc) is 2.70. The molecule has 18 heavy (non-hydrogen) atoms. The van der Waals surface area contributed by atoms with Crippen LogP contribution >= 0.6 is 0 Å². The van der Waals surface area contributed by atoms with Gasteiger partial charge in [-0.25, -0.2) is 0 Å². The zero-order valence-corrected chi connectivity index (χ0v) is 10.8. The number of carbonyl (C=O) groups excluding carboxylic acids is 2. The van der Waals surface area contributed by atoms with Crippen molar-refractivity contribution in [1.29, 1.82) is 0 Å². The van der Waals surface area contributed by atoms with Crippen molar-refractivity contribution < 1.29 is 19.4 Å². The molecule has 2 aliphatic rings. The Labute approximate surface area is 107 Å². The number of hydrogen-bond donors (Lipinski definition) is 1. The molecule has 3 unspecified atom stereocenters. The summed E-state index contributed by atoms with van der Waals surface area (Å²) in [4.78, 5) is 25.0. The van der Waals surface area contributed by atoms with Crippen LogP contribution in [0.5, 0.6) is 0 Å². The fourth-order valence-electron chi connectivity index (χ4n) is 3.01. The van der Waals surface area contributed by atoms with Crippen LogP contribution in [0.25, 0.3) is 0 Å². The summed E-state index contributed by atoms with van der Waals surface area (Å²) < 4.78 is 4.68. The molecular formula is C13H21NO4. The molecule has 0 aromatic carbocycles. The van der Waals surface area contributed by atoms with Gasteiger partial charge in [-0.2, -0.15) is 0 Å². The lowest BCUT2D eigenvalue weighted by Gasteiger charge is -2.29. The third kappa shape index (κ3) is 3.02. The van der Waals surface area contributed by atoms with Crippen molar-refractivity contribution in [3.05, 3.63) is 0 Å². The van der Waals surface area contributed by atoms with Gasteiger partial charge in [-0.1, -0.05) is 6.42 Å². The van der Waals surface area contributed by atoms with Crippen LogP contribution in [0.15, 0.2) is 0 Å². The topological polar surface area (TPSA) is 66.8 Å². The number of carbonyl (C=O) groups is 2. The first-order chi connectivity index (χ1) is 8.60. The number of esters is 1. The Kier molecular flexibility index (Phi) is 4.22. The van der Waals surface area contributed by atoms with Crippen LogP contribution in [0.3, 0.4) is 0 Å². The summed E-state index contributed by atoms with van der Waals surface area (Å²) in [6.07, 6.45) is 3.76. The molecule has 3 atom stereocenters. The van der Waals surface area contributed by atoms with Gasteiger partial charge in [-0.3, -0.25) is 9.59 Å². The van der Waals surface area contributed by atoms with E-state index in [9.17, 15) is 14.7 Å². The quantitative estimate of drug-likeness (QED) is 0.748. The average molecular weight is 255 g/mol. The van der Waals surface area contributed by atoms with Crippen LogP contribution in [0.4, 0.5) is 0 Å². The molecule has 1 N–H and O–H groups in total. The van der Waals surface area contributed by atoms with E-state index >= 15 is 0 Å². The number of hydrogen-bond acceptors (Lipinski definition) is 4. The Hall–Kier alpha value is -1.10. The number of aliphatic hydroxyl groups is 1. The van der Waals surface area contributed by atoms with Gasteiger partial charge in [-0.05, 0) is 25.2 Å². The highest BCUT2D eigenvalue weighted by atomic mass is 16.5. The van der Waals surface area contributed by atoms with E-state index in [1.54, 1.807) is 4.90 Å². The first-order valence-electron chi connectivity index (χ1n) is 6.63. The van der Waals surface area contributed by atoms with Crippen LogP contribution in [0.2, 0.25) is 0 Å². The molecular weight excluding hydrogens is 234 g/mol. The van der Waals surface area contributed by atoms with Crippen molar-refractivity contribution in [2.24, 2.45) is 11.8 Å². The molecule has 5 nitrogen and oxygen atoms in total. The van der Waals surface area contributed by atoms with Crippen molar-refractivity contribution in [2.45, 2.75) is 38.2 Å². The van der Waals surface area contributed by atoms with Gasteiger partial charge in [0.15, 0.2) is 0 Å². The second-order valence-electron chi connectivity index (χ2n) is 5.41. The molecule has 102 valence electrons. The zero-order valence-electron chi connectivity index (χ0n) is 10.8. The minimum atomic E-state index is -0.309. The van der Waals surface area contributed by atoms with Crippen LogP contribution in [0.1, 0.15) is 32.1 Å². The molecule has 1 heterocycles. The van der Waals surface area contributed by atoms with E-state index in [2.05, 4.69) is 4.74 Å². The number of aliphatic hydroxyl groups excluding tert-OH is 1. The predicted octanol–water partition coefficient (Wildman–Crippen LogP) is 0.559. The fraction of sp³-hybridized carbons (Fsp3) is 0.846. The standard InChI is InChI=1S/C13H21NO4/c1-18-13(17)10-6-12(16)14(8-10)7-9-3-2-4-11(15)5-9/h9-11,15H,2-8H2,1H3. The minimum Gasteiger partial charge on any atom is -0.469 e. The lowest BCUT2D eigenvalue weighted by Crippen LogP contribution is -2.34. The van der Waals surface area contributed by atoms with Gasteiger partial charge in [-0.15, -0.1) is 0 Å². The third-order valence-electron chi connectivity index (χ3n) is 3.98. The minimum absolute atomic E-state index is 0.0328. The number of rotatable bonds is 3. The normalized spacial score (nSPS) is 32.7. The molecule has 5 heteroatoms. The summed E-state index contributed by atoms with van der Waals surface area (Å²) in [5.41, 5.74) is 0. The van der Waals surface area contributed by atoms with Crippen molar-refractivity contribution in [1.82, 2.24) is 4.90 Å². The number of likely N-dealkylation sites (tertiary alicyclic amines) is 1. The SMILES string of the molecule is COC(=O)C1CC(=O)N(CC2CCCC(O)C2)C1. The van der Waals surface area contributed by atoms with Gasteiger partial charge in [0, 0.05) is 19.5 Å². The molecule has 0 aromatic heterocycles. The third-order valence-corrected chi connectivity index (χ3v) is 3.98. The number of nitrogens with zero attached hydrogens (tertiary/aromatic N) is 1. The van der Waals surface area contributed by atoms with Crippen molar-refractivity contribution >= 4 is 11.9 Å². The van der Waals surface area contributed by atoms with E-state index in [-0.39, 0.29) is 30.3 Å². The first-order valence-corrected chi connectivity index (χ1v) is 6.63. The summed E-state index contributed by atoms with van der Waals surface area (Å²) in [5.74, 6) is -0.204. The van der Waals surface area contributed by atoms with Crippen LogP contribution in [0, 0.1) is 11.8 Å².